The second-order valence-corrected chi connectivity index (χ2v) is 5.20. The van der Waals surface area contributed by atoms with Crippen molar-refractivity contribution in [3.8, 4) is 0 Å². The van der Waals surface area contributed by atoms with Gasteiger partial charge in [-0.05, 0) is 24.7 Å². The minimum Gasteiger partial charge on any atom is -0.394 e. The van der Waals surface area contributed by atoms with E-state index in [0.29, 0.717) is 12.0 Å². The Labute approximate surface area is 86.8 Å². The van der Waals surface area contributed by atoms with Crippen LogP contribution in [0.4, 0.5) is 0 Å². The number of ether oxygens (including phenoxy) is 1. The summed E-state index contributed by atoms with van der Waals surface area (Å²) in [7, 11) is 1.70. The van der Waals surface area contributed by atoms with Crippen molar-refractivity contribution in [1.29, 1.82) is 0 Å². The molecule has 1 atom stereocenters. The van der Waals surface area contributed by atoms with Crippen molar-refractivity contribution in [2.24, 2.45) is 5.41 Å². The van der Waals surface area contributed by atoms with E-state index >= 15 is 0 Å². The van der Waals surface area contributed by atoms with Crippen molar-refractivity contribution in [3.05, 3.63) is 0 Å². The van der Waals surface area contributed by atoms with E-state index in [4.69, 9.17) is 4.74 Å². The zero-order chi connectivity index (χ0) is 10.7. The standard InChI is InChI=1S/C11H23NO2/c1-10(2)4-5-11(8-10,9-13)12-6-7-14-3/h12-13H,4-9H2,1-3H3. The highest BCUT2D eigenvalue weighted by atomic mass is 16.5. The Hall–Kier alpha value is -0.120. The van der Waals surface area contributed by atoms with E-state index in [1.165, 1.54) is 6.42 Å². The number of rotatable bonds is 5. The first-order chi connectivity index (χ1) is 6.54. The first-order valence-electron chi connectivity index (χ1n) is 5.38. The van der Waals surface area contributed by atoms with Crippen molar-refractivity contribution >= 4 is 0 Å². The molecule has 1 fully saturated rings. The maximum Gasteiger partial charge on any atom is 0.0613 e. The van der Waals surface area contributed by atoms with Crippen LogP contribution in [0.3, 0.4) is 0 Å². The zero-order valence-electron chi connectivity index (χ0n) is 9.60. The van der Waals surface area contributed by atoms with Crippen molar-refractivity contribution < 1.29 is 9.84 Å². The van der Waals surface area contributed by atoms with Crippen LogP contribution in [0, 0.1) is 5.41 Å². The van der Waals surface area contributed by atoms with E-state index in [2.05, 4.69) is 19.2 Å². The highest BCUT2D eigenvalue weighted by Gasteiger charge is 2.42. The number of aliphatic hydroxyl groups excluding tert-OH is 1. The van der Waals surface area contributed by atoms with Crippen LogP contribution in [-0.4, -0.2) is 37.5 Å². The molecule has 1 aliphatic rings. The van der Waals surface area contributed by atoms with E-state index < -0.39 is 0 Å². The Balaban J connectivity index is 2.44. The molecule has 0 amide bonds. The third kappa shape index (κ3) is 2.94. The lowest BCUT2D eigenvalue weighted by Crippen LogP contribution is -2.48. The van der Waals surface area contributed by atoms with Crippen LogP contribution in [0.15, 0.2) is 0 Å². The van der Waals surface area contributed by atoms with Crippen LogP contribution in [-0.2, 0) is 4.74 Å². The molecule has 0 aromatic rings. The summed E-state index contributed by atoms with van der Waals surface area (Å²) < 4.78 is 5.00. The van der Waals surface area contributed by atoms with Gasteiger partial charge in [0.1, 0.15) is 0 Å². The third-order valence-electron chi connectivity index (χ3n) is 3.21. The molecule has 0 saturated heterocycles. The summed E-state index contributed by atoms with van der Waals surface area (Å²) in [4.78, 5) is 0. The zero-order valence-corrected chi connectivity index (χ0v) is 9.60. The number of nitrogens with one attached hydrogen (secondary N) is 1. The summed E-state index contributed by atoms with van der Waals surface area (Å²) in [6.07, 6.45) is 3.31. The summed E-state index contributed by atoms with van der Waals surface area (Å²) >= 11 is 0. The fourth-order valence-corrected chi connectivity index (χ4v) is 2.43. The van der Waals surface area contributed by atoms with Crippen molar-refractivity contribution in [2.45, 2.75) is 38.6 Å². The van der Waals surface area contributed by atoms with Gasteiger partial charge in [0.05, 0.1) is 13.2 Å². The summed E-state index contributed by atoms with van der Waals surface area (Å²) in [5.41, 5.74) is 0.310. The molecule has 1 saturated carbocycles. The third-order valence-corrected chi connectivity index (χ3v) is 3.21. The molecule has 1 unspecified atom stereocenters. The molecule has 0 bridgehead atoms. The smallest absolute Gasteiger partial charge is 0.0613 e. The van der Waals surface area contributed by atoms with Gasteiger partial charge in [-0.1, -0.05) is 13.8 Å². The number of aliphatic hydroxyl groups is 1. The molecule has 0 aromatic carbocycles. The normalized spacial score (nSPS) is 30.9. The highest BCUT2D eigenvalue weighted by Crippen LogP contribution is 2.43. The largest absolute Gasteiger partial charge is 0.394 e. The Morgan fingerprint density at radius 3 is 2.50 bits per heavy atom. The highest BCUT2D eigenvalue weighted by molar-refractivity contribution is 4.99. The molecule has 2 N–H and O–H groups in total. The molecule has 0 aromatic heterocycles. The summed E-state index contributed by atoms with van der Waals surface area (Å²) in [5, 5.41) is 12.9. The van der Waals surface area contributed by atoms with Crippen LogP contribution in [0.5, 0.6) is 0 Å². The lowest BCUT2D eigenvalue weighted by atomic mass is 9.88. The second kappa shape index (κ2) is 4.60. The predicted octanol–water partition coefficient (Wildman–Crippen LogP) is 1.16. The Morgan fingerprint density at radius 1 is 1.36 bits per heavy atom. The van der Waals surface area contributed by atoms with Gasteiger partial charge in [0.25, 0.3) is 0 Å². The molecule has 3 heteroatoms. The van der Waals surface area contributed by atoms with Crippen molar-refractivity contribution in [2.75, 3.05) is 26.9 Å². The maximum absolute atomic E-state index is 9.44. The van der Waals surface area contributed by atoms with Crippen LogP contribution in [0.25, 0.3) is 0 Å². The van der Waals surface area contributed by atoms with Gasteiger partial charge < -0.3 is 15.2 Å². The molecule has 3 nitrogen and oxygen atoms in total. The number of hydrogen-bond donors (Lipinski definition) is 2. The Morgan fingerprint density at radius 2 is 2.07 bits per heavy atom. The first kappa shape index (κ1) is 12.0. The molecular weight excluding hydrogens is 178 g/mol. The van der Waals surface area contributed by atoms with Crippen molar-refractivity contribution in [1.82, 2.24) is 5.32 Å². The average Bonchev–Trinajstić information content (AvgIpc) is 2.44. The predicted molar refractivity (Wildman–Crippen MR) is 57.3 cm³/mol. The topological polar surface area (TPSA) is 41.5 Å². The molecule has 14 heavy (non-hydrogen) atoms. The minimum atomic E-state index is -0.0535. The Bertz CT molecular complexity index is 182. The van der Waals surface area contributed by atoms with E-state index in [-0.39, 0.29) is 12.1 Å². The number of hydrogen-bond acceptors (Lipinski definition) is 3. The molecule has 0 spiro atoms. The molecular formula is C11H23NO2. The monoisotopic (exact) mass is 201 g/mol. The SMILES string of the molecule is COCCNC1(CO)CCC(C)(C)C1. The van der Waals surface area contributed by atoms with Gasteiger partial charge in [0.2, 0.25) is 0 Å². The summed E-state index contributed by atoms with van der Waals surface area (Å²) in [6.45, 7) is 6.31. The maximum atomic E-state index is 9.44. The molecule has 0 aliphatic heterocycles. The van der Waals surface area contributed by atoms with Crippen LogP contribution < -0.4 is 5.32 Å². The van der Waals surface area contributed by atoms with Gasteiger partial charge in [-0.25, -0.2) is 0 Å². The lowest BCUT2D eigenvalue weighted by Gasteiger charge is -2.30. The fourth-order valence-electron chi connectivity index (χ4n) is 2.43. The van der Waals surface area contributed by atoms with Gasteiger partial charge in [0.15, 0.2) is 0 Å². The number of methoxy groups -OCH3 is 1. The summed E-state index contributed by atoms with van der Waals surface area (Å²) in [6, 6.07) is 0. The molecule has 84 valence electrons. The van der Waals surface area contributed by atoms with Crippen molar-refractivity contribution in [3.63, 3.8) is 0 Å². The fraction of sp³-hybridized carbons (Fsp3) is 1.00. The van der Waals surface area contributed by atoms with Gasteiger partial charge >= 0.3 is 0 Å². The molecule has 0 radical (unpaired) electrons. The van der Waals surface area contributed by atoms with Gasteiger partial charge in [0, 0.05) is 19.2 Å². The first-order valence-corrected chi connectivity index (χ1v) is 5.38. The van der Waals surface area contributed by atoms with Crippen LogP contribution in [0.2, 0.25) is 0 Å². The van der Waals surface area contributed by atoms with E-state index in [0.717, 1.165) is 19.4 Å². The molecule has 1 aliphatic carbocycles. The average molecular weight is 201 g/mol. The quantitative estimate of drug-likeness (QED) is 0.656. The van der Waals surface area contributed by atoms with Crippen LogP contribution >= 0.6 is 0 Å². The van der Waals surface area contributed by atoms with Gasteiger partial charge in [-0.3, -0.25) is 0 Å². The second-order valence-electron chi connectivity index (χ2n) is 5.20. The molecule has 0 heterocycles. The van der Waals surface area contributed by atoms with Gasteiger partial charge in [-0.2, -0.15) is 0 Å². The minimum absolute atomic E-state index is 0.0535. The summed E-state index contributed by atoms with van der Waals surface area (Å²) in [5.74, 6) is 0. The van der Waals surface area contributed by atoms with E-state index in [1.807, 2.05) is 0 Å². The van der Waals surface area contributed by atoms with Gasteiger partial charge in [-0.15, -0.1) is 0 Å². The van der Waals surface area contributed by atoms with Crippen LogP contribution in [0.1, 0.15) is 33.1 Å². The lowest BCUT2D eigenvalue weighted by molar-refractivity contribution is 0.133. The van der Waals surface area contributed by atoms with E-state index in [1.54, 1.807) is 7.11 Å². The Kier molecular flexibility index (Phi) is 3.93. The van der Waals surface area contributed by atoms with E-state index in [9.17, 15) is 5.11 Å². The molecule has 1 rings (SSSR count).